The van der Waals surface area contributed by atoms with Crippen molar-refractivity contribution in [2.24, 2.45) is 5.92 Å². The quantitative estimate of drug-likeness (QED) is 0.189. The summed E-state index contributed by atoms with van der Waals surface area (Å²) in [6.45, 7) is 26.6. The Labute approximate surface area is 189 Å². The summed E-state index contributed by atoms with van der Waals surface area (Å²) >= 11 is 0. The van der Waals surface area contributed by atoms with Crippen LogP contribution in [0, 0.1) is 5.92 Å². The van der Waals surface area contributed by atoms with E-state index in [1.807, 2.05) is 6.08 Å². The lowest BCUT2D eigenvalue weighted by Crippen LogP contribution is -2.41. The first-order chi connectivity index (χ1) is 13.5. The lowest BCUT2D eigenvalue weighted by molar-refractivity contribution is 0.291. The van der Waals surface area contributed by atoms with Crippen LogP contribution < -0.4 is 0 Å². The van der Waals surface area contributed by atoms with Gasteiger partial charge in [0.05, 0.1) is 13.2 Å². The molecule has 0 saturated carbocycles. The average Bonchev–Trinajstić information content (AvgIpc) is 2.57. The van der Waals surface area contributed by atoms with Crippen molar-refractivity contribution in [3.63, 3.8) is 0 Å². The third-order valence-corrected chi connectivity index (χ3v) is 15.7. The summed E-state index contributed by atoms with van der Waals surface area (Å²) in [5, 5.41) is 9.35. The van der Waals surface area contributed by atoms with Gasteiger partial charge in [0.25, 0.3) is 0 Å². The van der Waals surface area contributed by atoms with Gasteiger partial charge in [-0.05, 0) is 60.6 Å². The van der Waals surface area contributed by atoms with Crippen LogP contribution in [0.3, 0.4) is 0 Å². The average molecular weight is 455 g/mol. The van der Waals surface area contributed by atoms with E-state index in [-0.39, 0.29) is 16.7 Å². The first-order valence-electron chi connectivity index (χ1n) is 11.4. The Morgan fingerprint density at radius 1 is 0.900 bits per heavy atom. The Balaban J connectivity index is 5.15. The third-order valence-electron chi connectivity index (χ3n) is 6.67. The van der Waals surface area contributed by atoms with Crippen molar-refractivity contribution in [2.45, 2.75) is 97.6 Å². The Morgan fingerprint density at radius 3 is 1.93 bits per heavy atom. The molecule has 0 aliphatic rings. The van der Waals surface area contributed by atoms with Gasteiger partial charge < -0.3 is 14.0 Å². The monoisotopic (exact) mass is 454 g/mol. The number of aliphatic hydroxyl groups excluding tert-OH is 1. The number of aliphatic hydroxyl groups is 1. The van der Waals surface area contributed by atoms with Crippen molar-refractivity contribution in [3.8, 4) is 0 Å². The lowest BCUT2D eigenvalue weighted by atomic mass is 10.0. The molecule has 5 heteroatoms. The van der Waals surface area contributed by atoms with Gasteiger partial charge in [-0.15, -0.1) is 0 Å². The molecule has 0 radical (unpaired) electrons. The van der Waals surface area contributed by atoms with Gasteiger partial charge in [-0.25, -0.2) is 0 Å². The minimum absolute atomic E-state index is 0.108. The summed E-state index contributed by atoms with van der Waals surface area (Å²) in [5.74, 6) is 0.429. The van der Waals surface area contributed by atoms with E-state index in [0.29, 0.717) is 12.5 Å². The van der Waals surface area contributed by atoms with Crippen molar-refractivity contribution in [3.05, 3.63) is 36.0 Å². The number of allylic oxidation sites excluding steroid dienone is 3. The van der Waals surface area contributed by atoms with E-state index >= 15 is 0 Å². The maximum Gasteiger partial charge on any atom is 0.192 e. The summed E-state index contributed by atoms with van der Waals surface area (Å²) in [6, 6.07) is 0. The molecule has 30 heavy (non-hydrogen) atoms. The Hall–Kier alpha value is -0.466. The molecule has 0 aliphatic heterocycles. The Bertz CT molecular complexity index is 576. The zero-order valence-electron chi connectivity index (χ0n) is 21.8. The fourth-order valence-corrected chi connectivity index (χ4v) is 4.20. The van der Waals surface area contributed by atoms with Gasteiger partial charge in [-0.1, -0.05) is 78.8 Å². The van der Waals surface area contributed by atoms with Crippen LogP contribution in [-0.2, 0) is 8.85 Å². The predicted octanol–water partition coefficient (Wildman–Crippen LogP) is 7.48. The van der Waals surface area contributed by atoms with Gasteiger partial charge in [-0.2, -0.15) is 0 Å². The number of rotatable bonds is 12. The largest absolute Gasteiger partial charge is 0.416 e. The molecule has 3 nitrogen and oxygen atoms in total. The van der Waals surface area contributed by atoms with E-state index in [2.05, 4.69) is 92.9 Å². The molecule has 0 aliphatic carbocycles. The standard InChI is InChI=1S/C25H50O3Si2/c1-22(14-12-13-19-26)15-16-23(17-20-27-29(8,9)24(2,3)4)18-21-28-30(10,11)25(5,6)7/h12-13,15-17,22,26H,14,18-21H2,1-11H3/b13-12+,16-15+,23-17+/t22-/m0/s1. The molecule has 176 valence electrons. The molecule has 0 saturated heterocycles. The highest BCUT2D eigenvalue weighted by atomic mass is 28.4. The van der Waals surface area contributed by atoms with Gasteiger partial charge in [0, 0.05) is 6.61 Å². The number of hydrogen-bond acceptors (Lipinski definition) is 3. The van der Waals surface area contributed by atoms with E-state index in [0.717, 1.165) is 19.4 Å². The summed E-state index contributed by atoms with van der Waals surface area (Å²) in [4.78, 5) is 0. The van der Waals surface area contributed by atoms with Gasteiger partial charge in [0.2, 0.25) is 0 Å². The first-order valence-corrected chi connectivity index (χ1v) is 17.3. The third kappa shape index (κ3) is 11.2. The number of hydrogen-bond donors (Lipinski definition) is 1. The molecular weight excluding hydrogens is 404 g/mol. The molecule has 0 bridgehead atoms. The highest BCUT2D eigenvalue weighted by molar-refractivity contribution is 6.74. The van der Waals surface area contributed by atoms with E-state index < -0.39 is 16.6 Å². The predicted molar refractivity (Wildman–Crippen MR) is 138 cm³/mol. The summed E-state index contributed by atoms with van der Waals surface area (Å²) in [6.07, 6.45) is 12.4. The molecule has 0 spiro atoms. The van der Waals surface area contributed by atoms with Crippen LogP contribution in [0.5, 0.6) is 0 Å². The van der Waals surface area contributed by atoms with Gasteiger partial charge >= 0.3 is 0 Å². The maximum atomic E-state index is 8.90. The van der Waals surface area contributed by atoms with E-state index in [1.165, 1.54) is 5.57 Å². The molecule has 0 aromatic rings. The summed E-state index contributed by atoms with van der Waals surface area (Å²) in [5.41, 5.74) is 1.28. The first kappa shape index (κ1) is 29.5. The minimum Gasteiger partial charge on any atom is -0.416 e. The van der Waals surface area contributed by atoms with Crippen LogP contribution >= 0.6 is 0 Å². The second-order valence-electron chi connectivity index (χ2n) is 11.4. The zero-order chi connectivity index (χ0) is 23.6. The highest BCUT2D eigenvalue weighted by Crippen LogP contribution is 2.37. The normalized spacial score (nSPS) is 16.1. The molecule has 0 amide bonds. The molecule has 1 atom stereocenters. The van der Waals surface area contributed by atoms with Crippen LogP contribution in [0.1, 0.15) is 61.3 Å². The Kier molecular flexibility index (Phi) is 12.3. The van der Waals surface area contributed by atoms with Crippen molar-refractivity contribution >= 4 is 16.6 Å². The van der Waals surface area contributed by atoms with Crippen LogP contribution in [0.4, 0.5) is 0 Å². The fraction of sp³-hybridized carbons (Fsp3) is 0.760. The van der Waals surface area contributed by atoms with Crippen LogP contribution in [-0.4, -0.2) is 41.6 Å². The van der Waals surface area contributed by atoms with Crippen molar-refractivity contribution in [2.75, 3.05) is 19.8 Å². The van der Waals surface area contributed by atoms with Crippen molar-refractivity contribution < 1.29 is 14.0 Å². The highest BCUT2D eigenvalue weighted by Gasteiger charge is 2.37. The molecule has 0 rings (SSSR count). The van der Waals surface area contributed by atoms with Crippen LogP contribution in [0.15, 0.2) is 36.0 Å². The van der Waals surface area contributed by atoms with Crippen LogP contribution in [0.2, 0.25) is 36.3 Å². The topological polar surface area (TPSA) is 38.7 Å². The molecule has 0 unspecified atom stereocenters. The lowest BCUT2D eigenvalue weighted by Gasteiger charge is -2.36. The SMILES string of the molecule is C[C@H](/C=C/C(=C\CO[Si](C)(C)C(C)(C)C)CCO[Si](C)(C)C(C)(C)C)C/C=C/CO. The van der Waals surface area contributed by atoms with E-state index in [4.69, 9.17) is 14.0 Å². The maximum absolute atomic E-state index is 8.90. The summed E-state index contributed by atoms with van der Waals surface area (Å²) < 4.78 is 12.8. The smallest absolute Gasteiger partial charge is 0.192 e. The molecule has 0 fully saturated rings. The van der Waals surface area contributed by atoms with Gasteiger partial charge in [0.1, 0.15) is 0 Å². The molecule has 1 N–H and O–H groups in total. The molecule has 0 heterocycles. The Morgan fingerprint density at radius 2 is 1.43 bits per heavy atom. The summed E-state index contributed by atoms with van der Waals surface area (Å²) in [7, 11) is -3.48. The van der Waals surface area contributed by atoms with Gasteiger partial charge in [0.15, 0.2) is 16.6 Å². The molecular formula is C25H50O3Si2. The molecule has 0 aromatic carbocycles. The van der Waals surface area contributed by atoms with E-state index in [9.17, 15) is 0 Å². The fourth-order valence-electron chi connectivity index (χ4n) is 2.22. The zero-order valence-corrected chi connectivity index (χ0v) is 23.8. The van der Waals surface area contributed by atoms with Gasteiger partial charge in [-0.3, -0.25) is 0 Å². The minimum atomic E-state index is -1.75. The second-order valence-corrected chi connectivity index (χ2v) is 21.1. The van der Waals surface area contributed by atoms with Crippen molar-refractivity contribution in [1.29, 1.82) is 0 Å². The van der Waals surface area contributed by atoms with E-state index in [1.54, 1.807) is 6.08 Å². The molecule has 0 aromatic heterocycles. The second kappa shape index (κ2) is 12.5. The van der Waals surface area contributed by atoms with Crippen LogP contribution in [0.25, 0.3) is 0 Å². The van der Waals surface area contributed by atoms with Crippen molar-refractivity contribution in [1.82, 2.24) is 0 Å².